The average molecular weight is 100 g/mol. The number of nitrogens with zero attached hydrogens (tertiary/aromatic N) is 1. The third-order valence-corrected chi connectivity index (χ3v) is 1.00. The summed E-state index contributed by atoms with van der Waals surface area (Å²) in [5.74, 6) is 0. The second-order valence-corrected chi connectivity index (χ2v) is 1.69. The highest BCUT2D eigenvalue weighted by Gasteiger charge is 2.04. The molecule has 1 unspecified atom stereocenters. The van der Waals surface area contributed by atoms with Gasteiger partial charge in [-0.15, -0.1) is 0 Å². The van der Waals surface area contributed by atoms with Gasteiger partial charge in [0, 0.05) is 19.6 Å². The fourth-order valence-corrected chi connectivity index (χ4v) is 0.624. The van der Waals surface area contributed by atoms with Crippen molar-refractivity contribution in [3.8, 4) is 0 Å². The quantitative estimate of drug-likeness (QED) is 0.388. The Morgan fingerprint density at radius 3 is 2.86 bits per heavy atom. The van der Waals surface area contributed by atoms with Gasteiger partial charge in [0.15, 0.2) is 0 Å². The zero-order chi connectivity index (χ0) is 5.11. The second-order valence-electron chi connectivity index (χ2n) is 1.69. The van der Waals surface area contributed by atoms with Crippen molar-refractivity contribution in [1.29, 1.82) is 0 Å². The van der Waals surface area contributed by atoms with Crippen LogP contribution in [0.25, 0.3) is 0 Å². The van der Waals surface area contributed by atoms with Crippen LogP contribution < -0.4 is 16.4 Å². The first kappa shape index (κ1) is 5.03. The van der Waals surface area contributed by atoms with Crippen molar-refractivity contribution in [3.63, 3.8) is 0 Å². The van der Waals surface area contributed by atoms with Gasteiger partial charge in [-0.05, 0) is 0 Å². The molecule has 1 aliphatic heterocycles. The summed E-state index contributed by atoms with van der Waals surface area (Å²) in [6.07, 6.45) is 0.119. The van der Waals surface area contributed by atoms with Crippen LogP contribution in [-0.2, 0) is 0 Å². The number of hydrogen-bond acceptors (Lipinski definition) is 2. The fourth-order valence-electron chi connectivity index (χ4n) is 0.624. The van der Waals surface area contributed by atoms with Gasteiger partial charge in [-0.3, -0.25) is 5.32 Å². The number of rotatable bonds is 0. The first-order chi connectivity index (χ1) is 3.39. The number of nitrogens with two attached hydrogens (primary N) is 1. The number of hydrogen-bond donors (Lipinski definition) is 2. The van der Waals surface area contributed by atoms with Crippen LogP contribution in [0, 0.1) is 0 Å². The lowest BCUT2D eigenvalue weighted by Gasteiger charge is -2.18. The van der Waals surface area contributed by atoms with Crippen molar-refractivity contribution in [3.05, 3.63) is 0 Å². The van der Waals surface area contributed by atoms with Crippen LogP contribution in [0.5, 0.6) is 0 Å². The third kappa shape index (κ3) is 1.43. The Labute approximate surface area is 43.3 Å². The molecule has 1 radical (unpaired) electrons. The molecule has 0 amide bonds. The summed E-state index contributed by atoms with van der Waals surface area (Å²) >= 11 is 0. The van der Waals surface area contributed by atoms with E-state index in [1.54, 1.807) is 0 Å². The van der Waals surface area contributed by atoms with Crippen molar-refractivity contribution in [2.45, 2.75) is 6.17 Å². The minimum atomic E-state index is 0.119. The molecule has 1 heterocycles. The summed E-state index contributed by atoms with van der Waals surface area (Å²) in [6.45, 7) is 2.65. The summed E-state index contributed by atoms with van der Waals surface area (Å²) in [4.78, 5) is 0. The minimum absolute atomic E-state index is 0.119. The molecule has 0 aliphatic carbocycles. The van der Waals surface area contributed by atoms with E-state index < -0.39 is 0 Å². The molecule has 1 aliphatic rings. The smallest absolute Gasteiger partial charge is 0.0692 e. The molecular formula is C4H10N3. The molecule has 0 bridgehead atoms. The predicted molar refractivity (Wildman–Crippen MR) is 27.8 cm³/mol. The Hall–Kier alpha value is -0.120. The summed E-state index contributed by atoms with van der Waals surface area (Å²) in [7, 11) is 0. The molecule has 0 spiro atoms. The molecule has 0 saturated carbocycles. The van der Waals surface area contributed by atoms with Crippen molar-refractivity contribution in [2.75, 3.05) is 19.6 Å². The first-order valence-corrected chi connectivity index (χ1v) is 2.52. The molecule has 7 heavy (non-hydrogen) atoms. The Bertz CT molecular complexity index is 48.9. The second kappa shape index (κ2) is 2.26. The van der Waals surface area contributed by atoms with E-state index in [0.29, 0.717) is 0 Å². The highest BCUT2D eigenvalue weighted by Crippen LogP contribution is 1.76. The summed E-state index contributed by atoms with van der Waals surface area (Å²) in [6, 6.07) is 0. The summed E-state index contributed by atoms with van der Waals surface area (Å²) in [5, 5.41) is 7.14. The van der Waals surface area contributed by atoms with Crippen molar-refractivity contribution in [2.24, 2.45) is 5.73 Å². The molecule has 3 N–H and O–H groups in total. The molecule has 1 rings (SSSR count). The normalized spacial score (nSPS) is 33.0. The van der Waals surface area contributed by atoms with Gasteiger partial charge < -0.3 is 5.73 Å². The van der Waals surface area contributed by atoms with Gasteiger partial charge >= 0.3 is 0 Å². The van der Waals surface area contributed by atoms with Gasteiger partial charge in [-0.1, -0.05) is 0 Å². The molecule has 0 aromatic rings. The van der Waals surface area contributed by atoms with E-state index in [9.17, 15) is 0 Å². The van der Waals surface area contributed by atoms with Gasteiger partial charge in [0.2, 0.25) is 0 Å². The number of nitrogens with one attached hydrogen (secondary N) is 1. The zero-order valence-corrected chi connectivity index (χ0v) is 4.22. The van der Waals surface area contributed by atoms with E-state index >= 15 is 0 Å². The van der Waals surface area contributed by atoms with Crippen LogP contribution in [-0.4, -0.2) is 25.8 Å². The molecule has 0 aromatic carbocycles. The maximum atomic E-state index is 5.43. The zero-order valence-electron chi connectivity index (χ0n) is 4.22. The number of piperazine rings is 1. The van der Waals surface area contributed by atoms with Crippen LogP contribution in [0.2, 0.25) is 0 Å². The molecule has 1 saturated heterocycles. The van der Waals surface area contributed by atoms with E-state index in [0.717, 1.165) is 19.6 Å². The Morgan fingerprint density at radius 2 is 2.57 bits per heavy atom. The SMILES string of the molecule is NC1C[N]CCN1. The molecule has 1 atom stereocenters. The molecule has 3 heteroatoms. The Balaban J connectivity index is 2.12. The van der Waals surface area contributed by atoms with Gasteiger partial charge in [-0.25, -0.2) is 5.32 Å². The lowest BCUT2D eigenvalue weighted by atomic mass is 10.4. The van der Waals surface area contributed by atoms with E-state index in [-0.39, 0.29) is 6.17 Å². The van der Waals surface area contributed by atoms with Crippen LogP contribution in [0.4, 0.5) is 0 Å². The van der Waals surface area contributed by atoms with Crippen LogP contribution in [0.3, 0.4) is 0 Å². The van der Waals surface area contributed by atoms with Gasteiger partial charge in [0.25, 0.3) is 0 Å². The standard InChI is InChI=1S/C4H10N3/c5-4-3-6-1-2-7-4/h4,7H,1-3,5H2. The first-order valence-electron chi connectivity index (χ1n) is 2.52. The Morgan fingerprint density at radius 1 is 1.71 bits per heavy atom. The fraction of sp³-hybridized carbons (Fsp3) is 1.00. The predicted octanol–water partition coefficient (Wildman–Crippen LogP) is -1.52. The maximum absolute atomic E-state index is 5.43. The summed E-state index contributed by atoms with van der Waals surface area (Å²) < 4.78 is 0. The monoisotopic (exact) mass is 100 g/mol. The van der Waals surface area contributed by atoms with E-state index in [4.69, 9.17) is 5.73 Å². The van der Waals surface area contributed by atoms with Gasteiger partial charge in [0.05, 0.1) is 6.17 Å². The Kier molecular flexibility index (Phi) is 1.62. The van der Waals surface area contributed by atoms with Gasteiger partial charge in [0.1, 0.15) is 0 Å². The molecule has 1 fully saturated rings. The van der Waals surface area contributed by atoms with Crippen LogP contribution >= 0.6 is 0 Å². The highest BCUT2D eigenvalue weighted by molar-refractivity contribution is 4.67. The average Bonchev–Trinajstić information content (AvgIpc) is 1.69. The largest absolute Gasteiger partial charge is 0.315 e. The van der Waals surface area contributed by atoms with Crippen LogP contribution in [0.1, 0.15) is 0 Å². The summed E-state index contributed by atoms with van der Waals surface area (Å²) in [5.41, 5.74) is 5.43. The van der Waals surface area contributed by atoms with E-state index in [1.165, 1.54) is 0 Å². The lowest BCUT2D eigenvalue weighted by Crippen LogP contribution is -2.50. The molecule has 3 nitrogen and oxygen atoms in total. The molecule has 41 valence electrons. The topological polar surface area (TPSA) is 52.2 Å². The van der Waals surface area contributed by atoms with E-state index in [2.05, 4.69) is 10.6 Å². The third-order valence-electron chi connectivity index (χ3n) is 1.00. The van der Waals surface area contributed by atoms with Gasteiger partial charge in [-0.2, -0.15) is 0 Å². The maximum Gasteiger partial charge on any atom is 0.0692 e. The highest BCUT2D eigenvalue weighted by atomic mass is 15.1. The molecular weight excluding hydrogens is 90.1 g/mol. The minimum Gasteiger partial charge on any atom is -0.315 e. The van der Waals surface area contributed by atoms with Crippen molar-refractivity contribution < 1.29 is 0 Å². The van der Waals surface area contributed by atoms with Crippen LogP contribution in [0.15, 0.2) is 0 Å². The van der Waals surface area contributed by atoms with Crippen molar-refractivity contribution in [1.82, 2.24) is 10.6 Å². The lowest BCUT2D eigenvalue weighted by molar-refractivity contribution is 0.422. The molecule has 0 aromatic heterocycles. The van der Waals surface area contributed by atoms with Crippen molar-refractivity contribution >= 4 is 0 Å². The van der Waals surface area contributed by atoms with E-state index in [1.807, 2.05) is 0 Å².